The Morgan fingerprint density at radius 1 is 1.05 bits per heavy atom. The van der Waals surface area contributed by atoms with E-state index >= 15 is 0 Å². The first kappa shape index (κ1) is 14.1. The van der Waals surface area contributed by atoms with Crippen LogP contribution in [-0.2, 0) is 6.42 Å². The third-order valence-electron chi connectivity index (χ3n) is 5.42. The van der Waals surface area contributed by atoms with E-state index in [1.54, 1.807) is 0 Å². The largest absolute Gasteiger partial charge is 0.329 e. The number of benzene rings is 1. The van der Waals surface area contributed by atoms with E-state index in [0.717, 1.165) is 18.4 Å². The number of nitrogens with zero attached hydrogens (tertiary/aromatic N) is 1. The first-order chi connectivity index (χ1) is 9.86. The highest BCUT2D eigenvalue weighted by atomic mass is 15.2. The first-order valence-corrected chi connectivity index (χ1v) is 8.35. The van der Waals surface area contributed by atoms with Gasteiger partial charge in [-0.3, -0.25) is 4.90 Å². The molecule has 1 aliphatic carbocycles. The van der Waals surface area contributed by atoms with E-state index in [2.05, 4.69) is 35.2 Å². The minimum atomic E-state index is 0.668. The van der Waals surface area contributed by atoms with Crippen LogP contribution in [0.2, 0.25) is 0 Å². The fourth-order valence-corrected chi connectivity index (χ4v) is 3.90. The van der Waals surface area contributed by atoms with Gasteiger partial charge >= 0.3 is 0 Å². The van der Waals surface area contributed by atoms with Gasteiger partial charge in [0.1, 0.15) is 0 Å². The Morgan fingerprint density at radius 3 is 2.30 bits per heavy atom. The zero-order valence-electron chi connectivity index (χ0n) is 12.5. The fourth-order valence-electron chi connectivity index (χ4n) is 3.90. The van der Waals surface area contributed by atoms with Gasteiger partial charge in [0.15, 0.2) is 0 Å². The molecule has 2 N–H and O–H groups in total. The molecule has 2 fully saturated rings. The molecule has 1 unspecified atom stereocenters. The Hall–Kier alpha value is -0.860. The normalized spacial score (nSPS) is 23.4. The van der Waals surface area contributed by atoms with Crippen molar-refractivity contribution in [3.63, 3.8) is 0 Å². The summed E-state index contributed by atoms with van der Waals surface area (Å²) in [7, 11) is 0. The lowest BCUT2D eigenvalue weighted by molar-refractivity contribution is 0.0680. The van der Waals surface area contributed by atoms with E-state index < -0.39 is 0 Å². The van der Waals surface area contributed by atoms with E-state index in [1.165, 1.54) is 57.2 Å². The Bertz CT molecular complexity index is 391. The van der Waals surface area contributed by atoms with Gasteiger partial charge in [-0.05, 0) is 62.6 Å². The molecule has 1 saturated carbocycles. The quantitative estimate of drug-likeness (QED) is 0.892. The van der Waals surface area contributed by atoms with Crippen LogP contribution in [0.15, 0.2) is 30.3 Å². The van der Waals surface area contributed by atoms with E-state index in [4.69, 9.17) is 5.73 Å². The zero-order chi connectivity index (χ0) is 13.8. The number of rotatable bonds is 5. The topological polar surface area (TPSA) is 29.3 Å². The van der Waals surface area contributed by atoms with Crippen molar-refractivity contribution in [2.45, 2.75) is 44.6 Å². The van der Waals surface area contributed by atoms with Gasteiger partial charge in [0.2, 0.25) is 0 Å². The van der Waals surface area contributed by atoms with Crippen molar-refractivity contribution in [1.82, 2.24) is 4.90 Å². The second-order valence-corrected chi connectivity index (χ2v) is 6.66. The minimum Gasteiger partial charge on any atom is -0.329 e. The maximum Gasteiger partial charge on any atom is 0.0246 e. The molecular weight excluding hydrogens is 244 g/mol. The molecule has 1 heterocycles. The number of nitrogens with two attached hydrogens (primary N) is 1. The molecule has 0 radical (unpaired) electrons. The monoisotopic (exact) mass is 272 g/mol. The molecule has 1 aromatic carbocycles. The fraction of sp³-hybridized carbons (Fsp3) is 0.667. The van der Waals surface area contributed by atoms with Crippen LogP contribution in [0.1, 0.15) is 37.7 Å². The molecule has 1 saturated heterocycles. The summed E-state index contributed by atoms with van der Waals surface area (Å²) >= 11 is 0. The highest BCUT2D eigenvalue weighted by molar-refractivity contribution is 5.15. The predicted molar refractivity (Wildman–Crippen MR) is 84.6 cm³/mol. The van der Waals surface area contributed by atoms with Crippen molar-refractivity contribution in [2.24, 2.45) is 17.6 Å². The molecule has 20 heavy (non-hydrogen) atoms. The average Bonchev–Trinajstić information content (AvgIpc) is 2.45. The van der Waals surface area contributed by atoms with Gasteiger partial charge in [-0.1, -0.05) is 36.8 Å². The molecule has 1 atom stereocenters. The SMILES string of the molecule is NCC(C1CCC1)N1CCC(Cc2ccccc2)CC1. The third-order valence-corrected chi connectivity index (χ3v) is 5.42. The van der Waals surface area contributed by atoms with E-state index in [0.29, 0.717) is 6.04 Å². The summed E-state index contributed by atoms with van der Waals surface area (Å²) in [6.07, 6.45) is 8.19. The molecule has 0 bridgehead atoms. The zero-order valence-corrected chi connectivity index (χ0v) is 12.5. The van der Waals surface area contributed by atoms with Crippen LogP contribution in [-0.4, -0.2) is 30.6 Å². The summed E-state index contributed by atoms with van der Waals surface area (Å²) in [5.74, 6) is 1.76. The Morgan fingerprint density at radius 2 is 1.75 bits per heavy atom. The Labute approximate surface area is 123 Å². The molecule has 0 spiro atoms. The van der Waals surface area contributed by atoms with Crippen molar-refractivity contribution >= 4 is 0 Å². The average molecular weight is 272 g/mol. The van der Waals surface area contributed by atoms with Gasteiger partial charge in [-0.15, -0.1) is 0 Å². The van der Waals surface area contributed by atoms with Gasteiger partial charge in [0.25, 0.3) is 0 Å². The molecule has 2 aliphatic rings. The van der Waals surface area contributed by atoms with Crippen LogP contribution < -0.4 is 5.73 Å². The van der Waals surface area contributed by atoms with Crippen molar-refractivity contribution in [2.75, 3.05) is 19.6 Å². The smallest absolute Gasteiger partial charge is 0.0246 e. The van der Waals surface area contributed by atoms with Gasteiger partial charge in [-0.2, -0.15) is 0 Å². The number of hydrogen-bond donors (Lipinski definition) is 1. The van der Waals surface area contributed by atoms with Crippen molar-refractivity contribution < 1.29 is 0 Å². The van der Waals surface area contributed by atoms with Crippen molar-refractivity contribution in [3.8, 4) is 0 Å². The molecular formula is C18H28N2. The molecule has 2 heteroatoms. The molecule has 1 aliphatic heterocycles. The predicted octanol–water partition coefficient (Wildman–Crippen LogP) is 3.07. The lowest BCUT2D eigenvalue weighted by Gasteiger charge is -2.43. The van der Waals surface area contributed by atoms with Gasteiger partial charge < -0.3 is 5.73 Å². The third kappa shape index (κ3) is 3.24. The van der Waals surface area contributed by atoms with E-state index in [-0.39, 0.29) is 0 Å². The van der Waals surface area contributed by atoms with Gasteiger partial charge in [0.05, 0.1) is 0 Å². The lowest BCUT2D eigenvalue weighted by Crippen LogP contribution is -2.50. The summed E-state index contributed by atoms with van der Waals surface area (Å²) in [5, 5.41) is 0. The number of hydrogen-bond acceptors (Lipinski definition) is 2. The molecule has 0 amide bonds. The maximum absolute atomic E-state index is 6.03. The molecule has 110 valence electrons. The highest BCUT2D eigenvalue weighted by Crippen LogP contribution is 2.33. The van der Waals surface area contributed by atoms with E-state index in [9.17, 15) is 0 Å². The standard InChI is InChI=1S/C18H28N2/c19-14-18(17-7-4-8-17)20-11-9-16(10-12-20)13-15-5-2-1-3-6-15/h1-3,5-6,16-18H,4,7-14,19H2. The summed E-state index contributed by atoms with van der Waals surface area (Å²) in [4.78, 5) is 2.69. The van der Waals surface area contributed by atoms with Crippen molar-refractivity contribution in [3.05, 3.63) is 35.9 Å². The van der Waals surface area contributed by atoms with Gasteiger partial charge in [-0.25, -0.2) is 0 Å². The first-order valence-electron chi connectivity index (χ1n) is 8.35. The Balaban J connectivity index is 1.49. The highest BCUT2D eigenvalue weighted by Gasteiger charge is 2.32. The Kier molecular flexibility index (Phi) is 4.74. The summed E-state index contributed by atoms with van der Waals surface area (Å²) in [5.41, 5.74) is 7.53. The van der Waals surface area contributed by atoms with Crippen LogP contribution >= 0.6 is 0 Å². The number of piperidine rings is 1. The summed E-state index contributed by atoms with van der Waals surface area (Å²) < 4.78 is 0. The minimum absolute atomic E-state index is 0.668. The molecule has 2 nitrogen and oxygen atoms in total. The van der Waals surface area contributed by atoms with Crippen molar-refractivity contribution in [1.29, 1.82) is 0 Å². The summed E-state index contributed by atoms with van der Waals surface area (Å²) in [6, 6.07) is 11.6. The van der Waals surface area contributed by atoms with Crippen LogP contribution in [0.25, 0.3) is 0 Å². The lowest BCUT2D eigenvalue weighted by atomic mass is 9.78. The van der Waals surface area contributed by atoms with E-state index in [1.807, 2.05) is 0 Å². The van der Waals surface area contributed by atoms with Crippen LogP contribution in [0.5, 0.6) is 0 Å². The second kappa shape index (κ2) is 6.73. The van der Waals surface area contributed by atoms with Crippen LogP contribution in [0.3, 0.4) is 0 Å². The second-order valence-electron chi connectivity index (χ2n) is 6.66. The number of likely N-dealkylation sites (tertiary alicyclic amines) is 1. The van der Waals surface area contributed by atoms with Gasteiger partial charge in [0, 0.05) is 12.6 Å². The summed E-state index contributed by atoms with van der Waals surface area (Å²) in [6.45, 7) is 3.37. The van der Waals surface area contributed by atoms with Crippen LogP contribution in [0, 0.1) is 11.8 Å². The molecule has 1 aromatic rings. The molecule has 3 rings (SSSR count). The molecule has 0 aromatic heterocycles. The maximum atomic E-state index is 6.03. The van der Waals surface area contributed by atoms with Crippen LogP contribution in [0.4, 0.5) is 0 Å².